The molecular formula is C11H12N2S. The molecule has 0 radical (unpaired) electrons. The SMILES string of the molecule is CCc1cccc2sc(C(=N)N)cc12. The molecule has 0 aliphatic rings. The third kappa shape index (κ3) is 1.40. The van der Waals surface area contributed by atoms with Crippen molar-refractivity contribution in [1.82, 2.24) is 0 Å². The predicted molar refractivity (Wildman–Crippen MR) is 62.2 cm³/mol. The van der Waals surface area contributed by atoms with E-state index in [0.717, 1.165) is 11.3 Å². The third-order valence-corrected chi connectivity index (χ3v) is 3.43. The highest BCUT2D eigenvalue weighted by atomic mass is 32.1. The number of fused-ring (bicyclic) bond motifs is 1. The monoisotopic (exact) mass is 204 g/mol. The summed E-state index contributed by atoms with van der Waals surface area (Å²) in [5, 5.41) is 8.62. The van der Waals surface area contributed by atoms with Crippen LogP contribution in [0.5, 0.6) is 0 Å². The normalized spacial score (nSPS) is 10.6. The van der Waals surface area contributed by atoms with Crippen molar-refractivity contribution in [2.24, 2.45) is 5.73 Å². The lowest BCUT2D eigenvalue weighted by Crippen LogP contribution is -2.08. The highest BCUT2D eigenvalue weighted by Crippen LogP contribution is 2.28. The molecule has 0 spiro atoms. The summed E-state index contributed by atoms with van der Waals surface area (Å²) in [4.78, 5) is 0.862. The molecule has 0 saturated heterocycles. The van der Waals surface area contributed by atoms with Crippen molar-refractivity contribution >= 4 is 27.3 Å². The maximum atomic E-state index is 7.38. The van der Waals surface area contributed by atoms with Gasteiger partial charge in [0.1, 0.15) is 5.84 Å². The fourth-order valence-electron chi connectivity index (χ4n) is 1.56. The Balaban J connectivity index is 2.70. The Bertz CT molecular complexity index is 485. The van der Waals surface area contributed by atoms with Gasteiger partial charge in [0.15, 0.2) is 0 Å². The van der Waals surface area contributed by atoms with Gasteiger partial charge in [-0.15, -0.1) is 11.3 Å². The van der Waals surface area contributed by atoms with Crippen LogP contribution in [0.25, 0.3) is 10.1 Å². The third-order valence-electron chi connectivity index (χ3n) is 2.30. The first-order chi connectivity index (χ1) is 6.72. The van der Waals surface area contributed by atoms with Crippen molar-refractivity contribution in [2.75, 3.05) is 0 Å². The van der Waals surface area contributed by atoms with E-state index < -0.39 is 0 Å². The predicted octanol–water partition coefficient (Wildman–Crippen LogP) is 2.75. The fourth-order valence-corrected chi connectivity index (χ4v) is 2.53. The minimum Gasteiger partial charge on any atom is -0.383 e. The Hall–Kier alpha value is -1.35. The Morgan fingerprint density at radius 2 is 2.29 bits per heavy atom. The molecule has 2 rings (SSSR count). The van der Waals surface area contributed by atoms with Crippen molar-refractivity contribution < 1.29 is 0 Å². The zero-order valence-corrected chi connectivity index (χ0v) is 8.82. The summed E-state index contributed by atoms with van der Waals surface area (Å²) in [7, 11) is 0. The molecule has 0 aliphatic carbocycles. The summed E-state index contributed by atoms with van der Waals surface area (Å²) in [6.07, 6.45) is 1.02. The van der Waals surface area contributed by atoms with E-state index in [0.29, 0.717) is 0 Å². The van der Waals surface area contributed by atoms with Crippen LogP contribution in [-0.4, -0.2) is 5.84 Å². The lowest BCUT2D eigenvalue weighted by atomic mass is 10.1. The molecule has 0 bridgehead atoms. The number of hydrogen-bond acceptors (Lipinski definition) is 2. The minimum atomic E-state index is 0.160. The quantitative estimate of drug-likeness (QED) is 0.573. The molecule has 0 amide bonds. The molecule has 1 heterocycles. The van der Waals surface area contributed by atoms with E-state index in [4.69, 9.17) is 11.1 Å². The number of amidine groups is 1. The smallest absolute Gasteiger partial charge is 0.133 e. The number of rotatable bonds is 2. The summed E-state index contributed by atoms with van der Waals surface area (Å²) in [6.45, 7) is 2.14. The van der Waals surface area contributed by atoms with Crippen LogP contribution in [0, 0.1) is 5.41 Å². The van der Waals surface area contributed by atoms with Crippen LogP contribution in [0.2, 0.25) is 0 Å². The van der Waals surface area contributed by atoms with Crippen LogP contribution in [0.1, 0.15) is 17.4 Å². The number of nitrogen functional groups attached to an aromatic ring is 1. The number of thiophene rings is 1. The molecule has 0 saturated carbocycles. The molecule has 3 heteroatoms. The lowest BCUT2D eigenvalue weighted by Gasteiger charge is -1.96. The van der Waals surface area contributed by atoms with E-state index in [1.54, 1.807) is 11.3 Å². The first kappa shape index (κ1) is 9.21. The fraction of sp³-hybridized carbons (Fsp3) is 0.182. The Morgan fingerprint density at radius 3 is 2.93 bits per heavy atom. The van der Waals surface area contributed by atoms with Crippen LogP contribution in [0.15, 0.2) is 24.3 Å². The Labute approximate surface area is 86.9 Å². The van der Waals surface area contributed by atoms with Crippen LogP contribution >= 0.6 is 11.3 Å². The molecule has 3 N–H and O–H groups in total. The Morgan fingerprint density at radius 1 is 1.50 bits per heavy atom. The van der Waals surface area contributed by atoms with Gasteiger partial charge in [0.25, 0.3) is 0 Å². The van der Waals surface area contributed by atoms with Gasteiger partial charge in [-0.25, -0.2) is 0 Å². The van der Waals surface area contributed by atoms with E-state index in [-0.39, 0.29) is 5.84 Å². The molecule has 2 aromatic rings. The second-order valence-electron chi connectivity index (χ2n) is 3.21. The minimum absolute atomic E-state index is 0.160. The maximum Gasteiger partial charge on any atom is 0.133 e. The van der Waals surface area contributed by atoms with Gasteiger partial charge in [0, 0.05) is 4.70 Å². The molecular weight excluding hydrogens is 192 g/mol. The molecule has 1 aromatic heterocycles. The second kappa shape index (κ2) is 3.42. The molecule has 0 atom stereocenters. The van der Waals surface area contributed by atoms with Gasteiger partial charge in [0.05, 0.1) is 4.88 Å². The average molecular weight is 204 g/mol. The van der Waals surface area contributed by atoms with Crippen molar-refractivity contribution in [1.29, 1.82) is 5.41 Å². The lowest BCUT2D eigenvalue weighted by molar-refractivity contribution is 1.16. The summed E-state index contributed by atoms with van der Waals surface area (Å²) in [5.41, 5.74) is 6.79. The number of nitrogens with one attached hydrogen (secondary N) is 1. The first-order valence-electron chi connectivity index (χ1n) is 4.58. The van der Waals surface area contributed by atoms with Gasteiger partial charge in [0.2, 0.25) is 0 Å². The first-order valence-corrected chi connectivity index (χ1v) is 5.40. The number of hydrogen-bond donors (Lipinski definition) is 2. The van der Waals surface area contributed by atoms with Crippen molar-refractivity contribution in [3.63, 3.8) is 0 Å². The summed E-state index contributed by atoms with van der Waals surface area (Å²) in [6, 6.07) is 8.27. The maximum absolute atomic E-state index is 7.38. The van der Waals surface area contributed by atoms with Gasteiger partial charge in [-0.3, -0.25) is 5.41 Å². The van der Waals surface area contributed by atoms with Crippen LogP contribution in [-0.2, 0) is 6.42 Å². The average Bonchev–Trinajstić information content (AvgIpc) is 2.60. The van der Waals surface area contributed by atoms with Crippen LogP contribution in [0.3, 0.4) is 0 Å². The topological polar surface area (TPSA) is 49.9 Å². The molecule has 0 aliphatic heterocycles. The number of benzene rings is 1. The van der Waals surface area contributed by atoms with Gasteiger partial charge < -0.3 is 5.73 Å². The van der Waals surface area contributed by atoms with Crippen molar-refractivity contribution in [3.05, 3.63) is 34.7 Å². The van der Waals surface area contributed by atoms with E-state index in [2.05, 4.69) is 25.1 Å². The summed E-state index contributed by atoms with van der Waals surface area (Å²) < 4.78 is 1.22. The molecule has 72 valence electrons. The van der Waals surface area contributed by atoms with Gasteiger partial charge in [-0.2, -0.15) is 0 Å². The Kier molecular flexibility index (Phi) is 2.25. The summed E-state index contributed by atoms with van der Waals surface area (Å²) in [5.74, 6) is 0.160. The molecule has 1 aromatic carbocycles. The zero-order valence-electron chi connectivity index (χ0n) is 8.00. The molecule has 0 unspecified atom stereocenters. The van der Waals surface area contributed by atoms with Gasteiger partial charge in [-0.05, 0) is 29.5 Å². The van der Waals surface area contributed by atoms with Crippen molar-refractivity contribution in [2.45, 2.75) is 13.3 Å². The van der Waals surface area contributed by atoms with Crippen LogP contribution in [0.4, 0.5) is 0 Å². The number of nitrogens with two attached hydrogens (primary N) is 1. The largest absolute Gasteiger partial charge is 0.383 e. The molecule has 14 heavy (non-hydrogen) atoms. The van der Waals surface area contributed by atoms with E-state index >= 15 is 0 Å². The summed E-state index contributed by atoms with van der Waals surface area (Å²) >= 11 is 1.59. The van der Waals surface area contributed by atoms with Crippen molar-refractivity contribution in [3.8, 4) is 0 Å². The van der Waals surface area contributed by atoms with Crippen LogP contribution < -0.4 is 5.73 Å². The standard InChI is InChI=1S/C11H12N2S/c1-2-7-4-3-5-9-8(7)6-10(14-9)11(12)13/h3-6H,2H2,1H3,(H3,12,13). The highest BCUT2D eigenvalue weighted by Gasteiger charge is 2.06. The highest BCUT2D eigenvalue weighted by molar-refractivity contribution is 7.20. The van der Waals surface area contributed by atoms with E-state index in [9.17, 15) is 0 Å². The molecule has 2 nitrogen and oxygen atoms in total. The van der Waals surface area contributed by atoms with Gasteiger partial charge in [-0.1, -0.05) is 19.1 Å². The van der Waals surface area contributed by atoms with E-state index in [1.807, 2.05) is 6.07 Å². The van der Waals surface area contributed by atoms with Gasteiger partial charge >= 0.3 is 0 Å². The molecule has 0 fully saturated rings. The number of aryl methyl sites for hydroxylation is 1. The zero-order chi connectivity index (χ0) is 10.1. The van der Waals surface area contributed by atoms with E-state index in [1.165, 1.54) is 15.6 Å². The second-order valence-corrected chi connectivity index (χ2v) is 4.29.